The zero-order valence-electron chi connectivity index (χ0n) is 8.21. The second-order valence-electron chi connectivity index (χ2n) is 2.89. The van der Waals surface area contributed by atoms with Gasteiger partial charge < -0.3 is 9.84 Å². The first-order chi connectivity index (χ1) is 7.47. The first-order valence-corrected chi connectivity index (χ1v) is 4.18. The zero-order valence-corrected chi connectivity index (χ0v) is 8.21. The Morgan fingerprint density at radius 1 is 1.62 bits per heavy atom. The van der Waals surface area contributed by atoms with Gasteiger partial charge in [-0.2, -0.15) is 4.39 Å². The van der Waals surface area contributed by atoms with E-state index in [2.05, 4.69) is 9.72 Å². The van der Waals surface area contributed by atoms with Gasteiger partial charge in [-0.05, 0) is 0 Å². The van der Waals surface area contributed by atoms with Gasteiger partial charge in [0.05, 0.1) is 24.7 Å². The molecule has 1 aromatic rings. The summed E-state index contributed by atoms with van der Waals surface area (Å²) in [7, 11) is 1.06. The number of aliphatic carboxylic acids is 1. The summed E-state index contributed by atoms with van der Waals surface area (Å²) >= 11 is 0. The summed E-state index contributed by atoms with van der Waals surface area (Å²) in [6.45, 7) is 0. The lowest BCUT2D eigenvalue weighted by atomic mass is 10.1. The van der Waals surface area contributed by atoms with Crippen LogP contribution in [0.5, 0.6) is 5.75 Å². The van der Waals surface area contributed by atoms with Crippen molar-refractivity contribution >= 4 is 5.97 Å². The molecule has 0 amide bonds. The number of hydrogen-bond donors (Lipinski definition) is 1. The number of ether oxygens (including phenoxy) is 1. The number of halogens is 3. The number of alkyl halides is 2. The second kappa shape index (κ2) is 4.82. The predicted molar refractivity (Wildman–Crippen MR) is 47.0 cm³/mol. The molecule has 0 radical (unpaired) electrons. The van der Waals surface area contributed by atoms with Gasteiger partial charge in [0.15, 0.2) is 0 Å². The van der Waals surface area contributed by atoms with Crippen LogP contribution in [0.25, 0.3) is 0 Å². The molecule has 1 aromatic heterocycles. The van der Waals surface area contributed by atoms with Crippen molar-refractivity contribution in [3.63, 3.8) is 0 Å². The van der Waals surface area contributed by atoms with E-state index in [0.717, 1.165) is 7.11 Å². The molecular formula is C9H8F3NO3. The minimum atomic E-state index is -2.91. The monoisotopic (exact) mass is 235 g/mol. The molecule has 0 saturated heterocycles. The number of hydrogen-bond acceptors (Lipinski definition) is 3. The number of methoxy groups -OCH3 is 1. The molecule has 0 atom stereocenters. The minimum Gasteiger partial charge on any atom is -0.496 e. The molecule has 1 N–H and O–H groups in total. The van der Waals surface area contributed by atoms with Crippen molar-refractivity contribution in [3.05, 3.63) is 23.3 Å². The van der Waals surface area contributed by atoms with E-state index < -0.39 is 41.6 Å². The van der Waals surface area contributed by atoms with Crippen molar-refractivity contribution in [2.75, 3.05) is 7.11 Å². The van der Waals surface area contributed by atoms with E-state index in [9.17, 15) is 18.0 Å². The molecule has 88 valence electrons. The lowest BCUT2D eigenvalue weighted by Gasteiger charge is -2.11. The molecular weight excluding hydrogens is 227 g/mol. The summed E-state index contributed by atoms with van der Waals surface area (Å²) < 4.78 is 42.7. The van der Waals surface area contributed by atoms with Crippen LogP contribution >= 0.6 is 0 Å². The van der Waals surface area contributed by atoms with Crippen molar-refractivity contribution in [2.24, 2.45) is 0 Å². The maximum Gasteiger partial charge on any atom is 0.308 e. The molecule has 0 fully saturated rings. The van der Waals surface area contributed by atoms with E-state index in [4.69, 9.17) is 5.11 Å². The molecule has 0 aromatic carbocycles. The molecule has 0 spiro atoms. The molecule has 1 heterocycles. The number of aromatic nitrogens is 1. The lowest BCUT2D eigenvalue weighted by Crippen LogP contribution is -2.08. The highest BCUT2D eigenvalue weighted by Crippen LogP contribution is 2.32. The van der Waals surface area contributed by atoms with Crippen molar-refractivity contribution in [1.29, 1.82) is 0 Å². The van der Waals surface area contributed by atoms with Crippen molar-refractivity contribution in [3.8, 4) is 5.75 Å². The van der Waals surface area contributed by atoms with Crippen molar-refractivity contribution in [2.45, 2.75) is 12.8 Å². The van der Waals surface area contributed by atoms with Crippen molar-refractivity contribution in [1.82, 2.24) is 4.98 Å². The highest BCUT2D eigenvalue weighted by Gasteiger charge is 2.22. The Morgan fingerprint density at radius 3 is 2.69 bits per heavy atom. The van der Waals surface area contributed by atoms with Gasteiger partial charge in [0.25, 0.3) is 6.43 Å². The Bertz CT molecular complexity index is 409. The summed E-state index contributed by atoms with van der Waals surface area (Å²) in [6.07, 6.45) is -3.04. The first-order valence-electron chi connectivity index (χ1n) is 4.18. The average Bonchev–Trinajstić information content (AvgIpc) is 2.19. The van der Waals surface area contributed by atoms with Gasteiger partial charge in [0.2, 0.25) is 5.95 Å². The Labute approximate surface area is 88.7 Å². The standard InChI is InChI=1S/C9H8F3NO3/c1-16-7-4(2-6(14)15)9(12)13-3-5(7)8(10)11/h3,8H,2H2,1H3,(H,14,15). The van der Waals surface area contributed by atoms with Gasteiger partial charge in [-0.1, -0.05) is 0 Å². The molecule has 0 aliphatic carbocycles. The Balaban J connectivity index is 3.32. The van der Waals surface area contributed by atoms with Crippen molar-refractivity contribution < 1.29 is 27.8 Å². The van der Waals surface area contributed by atoms with Crippen LogP contribution in [0.3, 0.4) is 0 Å². The molecule has 0 unspecified atom stereocenters. The molecule has 4 nitrogen and oxygen atoms in total. The van der Waals surface area contributed by atoms with Crippen LogP contribution in [0.4, 0.5) is 13.2 Å². The highest BCUT2D eigenvalue weighted by atomic mass is 19.3. The fourth-order valence-electron chi connectivity index (χ4n) is 1.23. The van der Waals surface area contributed by atoms with E-state index in [1.54, 1.807) is 0 Å². The summed E-state index contributed by atoms with van der Waals surface area (Å²) in [5.74, 6) is -2.95. The molecule has 7 heteroatoms. The van der Waals surface area contributed by atoms with E-state index in [1.807, 2.05) is 0 Å². The van der Waals surface area contributed by atoms with Gasteiger partial charge >= 0.3 is 5.97 Å². The summed E-state index contributed by atoms with van der Waals surface area (Å²) in [4.78, 5) is 13.5. The van der Waals surface area contributed by atoms with Crippen LogP contribution in [0.2, 0.25) is 0 Å². The van der Waals surface area contributed by atoms with Crippen LogP contribution in [-0.2, 0) is 11.2 Å². The number of nitrogens with zero attached hydrogens (tertiary/aromatic N) is 1. The molecule has 0 saturated carbocycles. The van der Waals surface area contributed by atoms with E-state index in [0.29, 0.717) is 6.20 Å². The van der Waals surface area contributed by atoms with E-state index in [1.165, 1.54) is 0 Å². The summed E-state index contributed by atoms with van der Waals surface area (Å²) in [5, 5.41) is 8.50. The van der Waals surface area contributed by atoms with Gasteiger partial charge in [0, 0.05) is 6.20 Å². The number of pyridine rings is 1. The van der Waals surface area contributed by atoms with Crippen LogP contribution in [0, 0.1) is 5.95 Å². The third kappa shape index (κ3) is 2.41. The summed E-state index contributed by atoms with van der Waals surface area (Å²) in [5.41, 5.74) is -1.10. The first kappa shape index (κ1) is 12.3. The normalized spacial score (nSPS) is 10.6. The Morgan fingerprint density at radius 2 is 2.25 bits per heavy atom. The molecule has 0 bridgehead atoms. The number of carbonyl (C=O) groups is 1. The zero-order chi connectivity index (χ0) is 12.3. The number of carboxylic acid groups (broad SMARTS) is 1. The van der Waals surface area contributed by atoms with Crippen LogP contribution in [-0.4, -0.2) is 23.2 Å². The van der Waals surface area contributed by atoms with Gasteiger partial charge in [-0.15, -0.1) is 0 Å². The van der Waals surface area contributed by atoms with Crippen LogP contribution in [0.1, 0.15) is 17.6 Å². The maximum atomic E-state index is 13.1. The lowest BCUT2D eigenvalue weighted by molar-refractivity contribution is -0.136. The SMILES string of the molecule is COc1c(C(F)F)cnc(F)c1CC(=O)O. The van der Waals surface area contributed by atoms with Gasteiger partial charge in [0.1, 0.15) is 5.75 Å². The third-order valence-corrected chi connectivity index (χ3v) is 1.87. The van der Waals surface area contributed by atoms with E-state index in [-0.39, 0.29) is 0 Å². The predicted octanol–water partition coefficient (Wildman–Crippen LogP) is 1.79. The van der Waals surface area contributed by atoms with Gasteiger partial charge in [-0.3, -0.25) is 4.79 Å². The maximum absolute atomic E-state index is 13.1. The molecule has 16 heavy (non-hydrogen) atoms. The Kier molecular flexibility index (Phi) is 3.70. The number of rotatable bonds is 4. The fraction of sp³-hybridized carbons (Fsp3) is 0.333. The Hall–Kier alpha value is -1.79. The molecule has 1 rings (SSSR count). The number of carboxylic acids is 1. The quantitative estimate of drug-likeness (QED) is 0.808. The highest BCUT2D eigenvalue weighted by molar-refractivity contribution is 5.71. The minimum absolute atomic E-state index is 0.468. The average molecular weight is 235 g/mol. The smallest absolute Gasteiger partial charge is 0.308 e. The third-order valence-electron chi connectivity index (χ3n) is 1.87. The second-order valence-corrected chi connectivity index (χ2v) is 2.89. The van der Waals surface area contributed by atoms with Crippen LogP contribution < -0.4 is 4.74 Å². The summed E-state index contributed by atoms with van der Waals surface area (Å²) in [6, 6.07) is 0. The largest absolute Gasteiger partial charge is 0.496 e. The van der Waals surface area contributed by atoms with E-state index >= 15 is 0 Å². The van der Waals surface area contributed by atoms with Gasteiger partial charge in [-0.25, -0.2) is 13.8 Å². The topological polar surface area (TPSA) is 59.4 Å². The fourth-order valence-corrected chi connectivity index (χ4v) is 1.23. The van der Waals surface area contributed by atoms with Crippen LogP contribution in [0.15, 0.2) is 6.20 Å². The molecule has 0 aliphatic rings. The molecule has 0 aliphatic heterocycles.